The first-order valence-electron chi connectivity index (χ1n) is 11.2. The minimum Gasteiger partial charge on any atom is -0.385 e. The summed E-state index contributed by atoms with van der Waals surface area (Å²) in [7, 11) is -1.22. The monoisotopic (exact) mass is 551 g/mol. The van der Waals surface area contributed by atoms with Crippen molar-refractivity contribution < 1.29 is 23.0 Å². The third-order valence-electron chi connectivity index (χ3n) is 5.18. The van der Waals surface area contributed by atoms with Crippen LogP contribution in [0.1, 0.15) is 23.7 Å². The summed E-state index contributed by atoms with van der Waals surface area (Å²) in [5.74, 6) is -1.13. The molecule has 1 amide bonds. The fourth-order valence-electron chi connectivity index (χ4n) is 3.11. The maximum Gasteiger partial charge on any atom is 0.416 e. The first-order valence-corrected chi connectivity index (χ1v) is 16.2. The molecule has 0 fully saturated rings. The van der Waals surface area contributed by atoms with Crippen LogP contribution < -0.4 is 5.32 Å². The number of hydrogen-bond acceptors (Lipinski definition) is 6. The van der Waals surface area contributed by atoms with E-state index in [2.05, 4.69) is 34.9 Å². The summed E-state index contributed by atoms with van der Waals surface area (Å²) in [5.41, 5.74) is -0.452. The number of carbonyl (C=O) groups excluding carboxylic acids is 1. The van der Waals surface area contributed by atoms with Crippen LogP contribution in [-0.4, -0.2) is 37.7 Å². The van der Waals surface area contributed by atoms with Gasteiger partial charge >= 0.3 is 6.09 Å². The SMILES string of the molecule is CC1(c2cc(C=C(F)c3ccc(Cl)cn3)ccc2F)C=CSC(OC(=O)NCOCC[Si](C)(C)C)=N1. The van der Waals surface area contributed by atoms with Crippen LogP contribution in [0.25, 0.3) is 11.9 Å². The maximum atomic E-state index is 14.8. The number of carbonyl (C=O) groups is 1. The van der Waals surface area contributed by atoms with E-state index in [1.807, 2.05) is 0 Å². The van der Waals surface area contributed by atoms with Gasteiger partial charge in [0.05, 0.1) is 10.7 Å². The minimum absolute atomic E-state index is 0.0193. The van der Waals surface area contributed by atoms with Gasteiger partial charge < -0.3 is 9.47 Å². The Morgan fingerprint density at radius 3 is 2.75 bits per heavy atom. The number of ether oxygens (including phenoxy) is 2. The third-order valence-corrected chi connectivity index (χ3v) is 7.76. The molecule has 0 spiro atoms. The molecule has 1 aliphatic rings. The molecule has 0 bridgehead atoms. The molecule has 1 N–H and O–H groups in total. The highest BCUT2D eigenvalue weighted by Crippen LogP contribution is 2.36. The first kappa shape index (κ1) is 28.0. The van der Waals surface area contributed by atoms with Gasteiger partial charge in [-0.1, -0.05) is 37.3 Å². The van der Waals surface area contributed by atoms with E-state index < -0.39 is 31.4 Å². The molecule has 11 heteroatoms. The van der Waals surface area contributed by atoms with Gasteiger partial charge in [0, 0.05) is 26.4 Å². The number of rotatable bonds is 8. The minimum atomic E-state index is -1.22. The number of nitrogens with zero attached hydrogens (tertiary/aromatic N) is 2. The Labute approximate surface area is 219 Å². The van der Waals surface area contributed by atoms with E-state index in [-0.39, 0.29) is 23.2 Å². The number of hydrogen-bond donors (Lipinski definition) is 1. The second-order valence-electron chi connectivity index (χ2n) is 9.47. The lowest BCUT2D eigenvalue weighted by molar-refractivity contribution is 0.120. The lowest BCUT2D eigenvalue weighted by Crippen LogP contribution is -2.31. The van der Waals surface area contributed by atoms with E-state index in [0.717, 1.165) is 17.8 Å². The molecule has 2 heterocycles. The molecule has 36 heavy (non-hydrogen) atoms. The highest BCUT2D eigenvalue weighted by molar-refractivity contribution is 8.16. The Morgan fingerprint density at radius 1 is 1.28 bits per heavy atom. The zero-order chi connectivity index (χ0) is 26.3. The molecular formula is C25H28ClF2N3O3SSi. The van der Waals surface area contributed by atoms with Crippen LogP contribution in [0.15, 0.2) is 53.0 Å². The van der Waals surface area contributed by atoms with Gasteiger partial charge in [-0.2, -0.15) is 0 Å². The molecule has 1 aromatic heterocycles. The van der Waals surface area contributed by atoms with E-state index in [4.69, 9.17) is 21.1 Å². The summed E-state index contributed by atoms with van der Waals surface area (Å²) in [4.78, 5) is 20.5. The molecule has 3 rings (SSSR count). The number of benzene rings is 1. The van der Waals surface area contributed by atoms with Crippen LogP contribution in [0.3, 0.4) is 0 Å². The van der Waals surface area contributed by atoms with E-state index in [1.54, 1.807) is 18.4 Å². The summed E-state index contributed by atoms with van der Waals surface area (Å²) < 4.78 is 40.2. The van der Waals surface area contributed by atoms with Crippen molar-refractivity contribution in [1.82, 2.24) is 10.3 Å². The molecule has 1 atom stereocenters. The Morgan fingerprint density at radius 2 is 2.06 bits per heavy atom. The number of thioether (sulfide) groups is 1. The molecule has 0 saturated carbocycles. The van der Waals surface area contributed by atoms with Crippen LogP contribution >= 0.6 is 23.4 Å². The number of aliphatic imine (C=N–C) groups is 1. The molecule has 192 valence electrons. The third kappa shape index (κ3) is 8.26. The van der Waals surface area contributed by atoms with Crippen molar-refractivity contribution in [3.05, 3.63) is 75.7 Å². The highest BCUT2D eigenvalue weighted by Gasteiger charge is 2.31. The molecule has 1 aromatic carbocycles. The fourth-order valence-corrected chi connectivity index (χ4v) is 4.79. The van der Waals surface area contributed by atoms with E-state index in [1.165, 1.54) is 42.6 Å². The first-order chi connectivity index (χ1) is 16.9. The van der Waals surface area contributed by atoms with Crippen LogP contribution in [0.4, 0.5) is 13.6 Å². The number of nitrogens with one attached hydrogen (secondary N) is 1. The molecule has 0 radical (unpaired) electrons. The lowest BCUT2D eigenvalue weighted by Gasteiger charge is -2.26. The van der Waals surface area contributed by atoms with Crippen molar-refractivity contribution in [2.75, 3.05) is 13.3 Å². The zero-order valence-corrected chi connectivity index (χ0v) is 23.1. The van der Waals surface area contributed by atoms with Gasteiger partial charge in [-0.25, -0.2) is 18.6 Å². The summed E-state index contributed by atoms with van der Waals surface area (Å²) in [6, 6.07) is 8.16. The molecular weight excluding hydrogens is 524 g/mol. The van der Waals surface area contributed by atoms with Gasteiger partial charge in [0.25, 0.3) is 5.23 Å². The topological polar surface area (TPSA) is 72.8 Å². The standard InChI is InChI=1S/C25H28ClF2N3O3SSi/c1-25(9-11-35-24(31-25)34-23(32)30-16-33-10-12-36(2,3)4)19-13-17(5-7-20(19)27)14-21(28)22-8-6-18(26)15-29-22/h5-9,11,13-15H,10,12,16H2,1-4H3,(H,30,32). The fraction of sp³-hybridized carbons (Fsp3) is 0.320. The number of alkyl carbamates (subject to hydrolysis) is 1. The quantitative estimate of drug-likeness (QED) is 0.213. The molecule has 0 aliphatic carbocycles. The number of pyridine rings is 1. The Kier molecular flexibility index (Phi) is 9.45. The van der Waals surface area contributed by atoms with Gasteiger partial charge in [-0.15, -0.1) is 0 Å². The smallest absolute Gasteiger partial charge is 0.385 e. The summed E-state index contributed by atoms with van der Waals surface area (Å²) >= 11 is 6.90. The molecule has 6 nitrogen and oxygen atoms in total. The molecule has 2 aromatic rings. The number of halogens is 3. The summed E-state index contributed by atoms with van der Waals surface area (Å²) in [6.07, 6.45) is 3.56. The van der Waals surface area contributed by atoms with E-state index in [9.17, 15) is 13.6 Å². The Bertz CT molecular complexity index is 1190. The van der Waals surface area contributed by atoms with Crippen molar-refractivity contribution in [1.29, 1.82) is 0 Å². The average molecular weight is 552 g/mol. The number of aromatic nitrogens is 1. The number of amides is 1. The van der Waals surface area contributed by atoms with Crippen molar-refractivity contribution in [2.24, 2.45) is 4.99 Å². The van der Waals surface area contributed by atoms with Gasteiger partial charge in [0.2, 0.25) is 0 Å². The zero-order valence-electron chi connectivity index (χ0n) is 20.5. The molecule has 0 saturated heterocycles. The largest absolute Gasteiger partial charge is 0.416 e. The van der Waals surface area contributed by atoms with Crippen LogP contribution in [0.5, 0.6) is 0 Å². The molecule has 1 unspecified atom stereocenters. The van der Waals surface area contributed by atoms with Gasteiger partial charge in [0.15, 0.2) is 0 Å². The van der Waals surface area contributed by atoms with Crippen molar-refractivity contribution >= 4 is 54.7 Å². The maximum absolute atomic E-state index is 14.8. The van der Waals surface area contributed by atoms with Crippen LogP contribution in [0, 0.1) is 5.82 Å². The normalized spacial score (nSPS) is 18.1. The van der Waals surface area contributed by atoms with Crippen molar-refractivity contribution in [2.45, 2.75) is 38.1 Å². The van der Waals surface area contributed by atoms with Crippen LogP contribution in [0.2, 0.25) is 30.7 Å². The predicted molar refractivity (Wildman–Crippen MR) is 145 cm³/mol. The van der Waals surface area contributed by atoms with Gasteiger partial charge in [-0.05, 0) is 72.1 Å². The van der Waals surface area contributed by atoms with Gasteiger partial charge in [-0.3, -0.25) is 10.3 Å². The highest BCUT2D eigenvalue weighted by atomic mass is 35.5. The van der Waals surface area contributed by atoms with E-state index in [0.29, 0.717) is 17.2 Å². The lowest BCUT2D eigenvalue weighted by atomic mass is 9.90. The van der Waals surface area contributed by atoms with Gasteiger partial charge in [0.1, 0.15) is 23.9 Å². The van der Waals surface area contributed by atoms with Crippen molar-refractivity contribution in [3.63, 3.8) is 0 Å². The Hall–Kier alpha value is -2.53. The Balaban J connectivity index is 1.70. The summed E-state index contributed by atoms with van der Waals surface area (Å²) in [6.45, 7) is 8.97. The average Bonchev–Trinajstić information content (AvgIpc) is 2.79. The second-order valence-corrected chi connectivity index (χ2v) is 16.4. The molecule has 1 aliphatic heterocycles. The second kappa shape index (κ2) is 12.1. The van der Waals surface area contributed by atoms with E-state index >= 15 is 0 Å². The predicted octanol–water partition coefficient (Wildman–Crippen LogP) is 7.21. The van der Waals surface area contributed by atoms with Crippen molar-refractivity contribution in [3.8, 4) is 0 Å². The summed E-state index contributed by atoms with van der Waals surface area (Å²) in [5, 5.41) is 4.63. The van der Waals surface area contributed by atoms with Crippen LogP contribution in [-0.2, 0) is 15.0 Å².